The lowest BCUT2D eigenvalue weighted by Crippen LogP contribution is -2.34. The van der Waals surface area contributed by atoms with E-state index in [9.17, 15) is 4.79 Å². The Morgan fingerprint density at radius 1 is 1.27 bits per heavy atom. The van der Waals surface area contributed by atoms with Crippen LogP contribution in [0.4, 0.5) is 10.5 Å². The number of methoxy groups -OCH3 is 1. The van der Waals surface area contributed by atoms with Gasteiger partial charge in [-0.2, -0.15) is 0 Å². The number of carbonyl (C=O) groups excluding carboxylic acids is 1. The van der Waals surface area contributed by atoms with Crippen LogP contribution in [-0.2, 0) is 25.6 Å². The van der Waals surface area contributed by atoms with Crippen LogP contribution in [0, 0.1) is 0 Å². The highest BCUT2D eigenvalue weighted by atomic mass is 16.6. The highest BCUT2D eigenvalue weighted by molar-refractivity contribution is 5.84. The van der Waals surface area contributed by atoms with E-state index in [0.29, 0.717) is 18.9 Å². The molecule has 9 heteroatoms. The van der Waals surface area contributed by atoms with Gasteiger partial charge in [-0.15, -0.1) is 5.10 Å². The van der Waals surface area contributed by atoms with Gasteiger partial charge in [-0.3, -0.25) is 5.32 Å². The lowest BCUT2D eigenvalue weighted by Gasteiger charge is -2.17. The van der Waals surface area contributed by atoms with E-state index in [2.05, 4.69) is 15.6 Å². The molecule has 2 aromatic rings. The summed E-state index contributed by atoms with van der Waals surface area (Å²) in [6, 6.07) is 9.03. The lowest BCUT2D eigenvalue weighted by atomic mass is 10.1. The molecule has 1 aromatic heterocycles. The third-order valence-corrected chi connectivity index (χ3v) is 4.45. The zero-order valence-corrected chi connectivity index (χ0v) is 14.3. The summed E-state index contributed by atoms with van der Waals surface area (Å²) in [5.41, 5.74) is 1.41. The average Bonchev–Trinajstić information content (AvgIpc) is 3.34. The zero-order valence-electron chi connectivity index (χ0n) is 14.3. The van der Waals surface area contributed by atoms with Gasteiger partial charge in [0.1, 0.15) is 23.9 Å². The first kappa shape index (κ1) is 17.0. The second kappa shape index (κ2) is 7.40. The number of ether oxygens (including phenoxy) is 4. The maximum Gasteiger partial charge on any atom is 0.412 e. The maximum atomic E-state index is 12.1. The van der Waals surface area contributed by atoms with Crippen LogP contribution >= 0.6 is 0 Å². The van der Waals surface area contributed by atoms with Crippen LogP contribution in [0.1, 0.15) is 11.7 Å². The van der Waals surface area contributed by atoms with Gasteiger partial charge in [0, 0.05) is 12.8 Å². The number of carbonyl (C=O) groups is 1. The molecule has 2 aliphatic rings. The molecule has 0 bridgehead atoms. The third kappa shape index (κ3) is 3.41. The summed E-state index contributed by atoms with van der Waals surface area (Å²) < 4.78 is 23.9. The predicted octanol–water partition coefficient (Wildman–Crippen LogP) is 1.38. The maximum absolute atomic E-state index is 12.1. The molecule has 0 spiro atoms. The molecule has 1 aromatic carbocycles. The number of hydrogen-bond donors (Lipinski definition) is 1. The molecule has 2 fully saturated rings. The van der Waals surface area contributed by atoms with Crippen molar-refractivity contribution in [1.29, 1.82) is 0 Å². The van der Waals surface area contributed by atoms with Crippen molar-refractivity contribution in [3.8, 4) is 0 Å². The van der Waals surface area contributed by atoms with Crippen LogP contribution in [0.15, 0.2) is 36.5 Å². The topological polar surface area (TPSA) is 96.7 Å². The number of amides is 1. The van der Waals surface area contributed by atoms with Crippen LogP contribution in [0.5, 0.6) is 0 Å². The molecule has 26 heavy (non-hydrogen) atoms. The minimum absolute atomic E-state index is 0.108. The average molecular weight is 360 g/mol. The largest absolute Gasteiger partial charge is 0.441 e. The number of benzene rings is 1. The number of rotatable bonds is 5. The van der Waals surface area contributed by atoms with Crippen LogP contribution < -0.4 is 5.32 Å². The van der Waals surface area contributed by atoms with Crippen molar-refractivity contribution in [3.63, 3.8) is 0 Å². The molecule has 0 saturated carbocycles. The van der Waals surface area contributed by atoms with Crippen molar-refractivity contribution in [2.75, 3.05) is 25.6 Å². The Morgan fingerprint density at radius 3 is 2.88 bits per heavy atom. The SMILES string of the molecule is COCc1cn([C@H]2CO[C@H]3[C@@H]2OC[C@H]3OC(=O)Nc2ccccc2)nn1. The van der Waals surface area contributed by atoms with Gasteiger partial charge in [0.25, 0.3) is 0 Å². The minimum atomic E-state index is -0.527. The van der Waals surface area contributed by atoms with Gasteiger partial charge in [0.2, 0.25) is 0 Å². The normalized spacial score (nSPS) is 27.3. The Hall–Kier alpha value is -2.49. The van der Waals surface area contributed by atoms with E-state index in [0.717, 1.165) is 5.69 Å². The first-order valence-corrected chi connectivity index (χ1v) is 8.40. The van der Waals surface area contributed by atoms with E-state index in [1.54, 1.807) is 23.9 Å². The number of para-hydroxylation sites is 1. The Labute approximate surface area is 150 Å². The highest BCUT2D eigenvalue weighted by Crippen LogP contribution is 2.35. The number of aromatic nitrogens is 3. The fraction of sp³-hybridized carbons (Fsp3) is 0.471. The molecule has 0 aliphatic carbocycles. The summed E-state index contributed by atoms with van der Waals surface area (Å²) in [7, 11) is 1.61. The standard InChI is InChI=1S/C17H20N4O5/c1-23-8-12-7-21(20-19-12)13-9-24-16-14(10-25-15(13)16)26-17(22)18-11-5-3-2-4-6-11/h2-7,13-16H,8-10H2,1H3,(H,18,22)/t13-,14+,15+,16+/m0/s1. The molecule has 2 saturated heterocycles. The second-order valence-electron chi connectivity index (χ2n) is 6.22. The summed E-state index contributed by atoms with van der Waals surface area (Å²) in [6.45, 7) is 1.10. The Balaban J connectivity index is 1.36. The van der Waals surface area contributed by atoms with Crippen molar-refractivity contribution >= 4 is 11.8 Å². The number of hydrogen-bond acceptors (Lipinski definition) is 7. The van der Waals surface area contributed by atoms with Gasteiger partial charge in [-0.1, -0.05) is 23.4 Å². The van der Waals surface area contributed by atoms with Crippen molar-refractivity contribution in [2.24, 2.45) is 0 Å². The van der Waals surface area contributed by atoms with Gasteiger partial charge in [0.05, 0.1) is 26.0 Å². The summed E-state index contributed by atoms with van der Waals surface area (Å²) in [4.78, 5) is 12.1. The first-order valence-electron chi connectivity index (χ1n) is 8.40. The van der Waals surface area contributed by atoms with Gasteiger partial charge < -0.3 is 18.9 Å². The van der Waals surface area contributed by atoms with E-state index in [1.807, 2.05) is 24.4 Å². The summed E-state index contributed by atoms with van der Waals surface area (Å²) in [5.74, 6) is 0. The van der Waals surface area contributed by atoms with E-state index in [1.165, 1.54) is 0 Å². The third-order valence-electron chi connectivity index (χ3n) is 4.45. The minimum Gasteiger partial charge on any atom is -0.441 e. The predicted molar refractivity (Wildman–Crippen MR) is 89.6 cm³/mol. The quantitative estimate of drug-likeness (QED) is 0.860. The van der Waals surface area contributed by atoms with Crippen LogP contribution in [-0.4, -0.2) is 59.7 Å². The molecule has 1 N–H and O–H groups in total. The monoisotopic (exact) mass is 360 g/mol. The van der Waals surface area contributed by atoms with E-state index < -0.39 is 12.2 Å². The lowest BCUT2D eigenvalue weighted by molar-refractivity contribution is 0.00770. The smallest absolute Gasteiger partial charge is 0.412 e. The zero-order chi connectivity index (χ0) is 17.9. The van der Waals surface area contributed by atoms with E-state index >= 15 is 0 Å². The summed E-state index contributed by atoms with van der Waals surface area (Å²) in [5, 5.41) is 10.9. The molecule has 0 unspecified atom stereocenters. The van der Waals surface area contributed by atoms with Crippen LogP contribution in [0.25, 0.3) is 0 Å². The van der Waals surface area contributed by atoms with Gasteiger partial charge >= 0.3 is 6.09 Å². The molecule has 3 heterocycles. The summed E-state index contributed by atoms with van der Waals surface area (Å²) >= 11 is 0. The Bertz CT molecular complexity index is 753. The fourth-order valence-electron chi connectivity index (χ4n) is 3.27. The van der Waals surface area contributed by atoms with E-state index in [4.69, 9.17) is 18.9 Å². The molecule has 0 radical (unpaired) electrons. The van der Waals surface area contributed by atoms with Crippen molar-refractivity contribution in [3.05, 3.63) is 42.2 Å². The van der Waals surface area contributed by atoms with Crippen molar-refractivity contribution in [2.45, 2.75) is 31.0 Å². The van der Waals surface area contributed by atoms with Gasteiger partial charge in [-0.05, 0) is 12.1 Å². The molecule has 4 rings (SSSR count). The van der Waals surface area contributed by atoms with Gasteiger partial charge in [0.15, 0.2) is 6.10 Å². The molecule has 9 nitrogen and oxygen atoms in total. The molecule has 138 valence electrons. The van der Waals surface area contributed by atoms with Crippen LogP contribution in [0.3, 0.4) is 0 Å². The number of anilines is 1. The number of nitrogens with one attached hydrogen (secondary N) is 1. The Morgan fingerprint density at radius 2 is 2.08 bits per heavy atom. The first-order chi connectivity index (χ1) is 12.7. The number of nitrogens with zero attached hydrogens (tertiary/aromatic N) is 3. The molecule has 1 amide bonds. The van der Waals surface area contributed by atoms with Gasteiger partial charge in [-0.25, -0.2) is 9.48 Å². The molecule has 2 aliphatic heterocycles. The molecular weight excluding hydrogens is 340 g/mol. The highest BCUT2D eigenvalue weighted by Gasteiger charge is 2.50. The van der Waals surface area contributed by atoms with Crippen molar-refractivity contribution < 1.29 is 23.7 Å². The molecule has 4 atom stereocenters. The van der Waals surface area contributed by atoms with E-state index in [-0.39, 0.29) is 24.9 Å². The fourth-order valence-corrected chi connectivity index (χ4v) is 3.27. The number of fused-ring (bicyclic) bond motifs is 1. The molecular formula is C17H20N4O5. The van der Waals surface area contributed by atoms with Crippen LogP contribution in [0.2, 0.25) is 0 Å². The van der Waals surface area contributed by atoms with Crippen molar-refractivity contribution in [1.82, 2.24) is 15.0 Å². The Kier molecular flexibility index (Phi) is 4.83. The summed E-state index contributed by atoms with van der Waals surface area (Å²) in [6.07, 6.45) is 0.272. The second-order valence-corrected chi connectivity index (χ2v) is 6.22.